The molecule has 0 spiro atoms. The number of thiophene rings is 1. The molecule has 1 aromatic carbocycles. The molecule has 1 N–H and O–H groups in total. The summed E-state index contributed by atoms with van der Waals surface area (Å²) in [4.78, 5) is 28.6. The summed E-state index contributed by atoms with van der Waals surface area (Å²) in [6, 6.07) is 12.6. The zero-order valence-corrected chi connectivity index (χ0v) is 16.3. The highest BCUT2D eigenvalue weighted by atomic mass is 79.9. The summed E-state index contributed by atoms with van der Waals surface area (Å²) < 4.78 is 2.34. The number of halogens is 1. The van der Waals surface area contributed by atoms with Gasteiger partial charge < -0.3 is 10.0 Å². The van der Waals surface area contributed by atoms with E-state index in [2.05, 4.69) is 15.9 Å². The standard InChI is InChI=1S/C19H17BrN2O3S/c20-16-14-8-9-15(24)22(12-5-2-1-3-6-12)19(14)26-17(16)18(25)21-10-4-7-13(21)11-23/h1-3,5-6,8-9,13,23H,4,7,10-11H2/t13-/m1/s1. The van der Waals surface area contributed by atoms with Gasteiger partial charge in [0.25, 0.3) is 11.5 Å². The van der Waals surface area contributed by atoms with E-state index in [1.54, 1.807) is 15.5 Å². The highest BCUT2D eigenvalue weighted by molar-refractivity contribution is 9.10. The average molecular weight is 433 g/mol. The number of para-hydroxylation sites is 1. The summed E-state index contributed by atoms with van der Waals surface area (Å²) in [6.45, 7) is 0.624. The van der Waals surface area contributed by atoms with Crippen LogP contribution in [0, 0.1) is 0 Å². The fourth-order valence-electron chi connectivity index (χ4n) is 3.43. The van der Waals surface area contributed by atoms with Crippen molar-refractivity contribution in [2.45, 2.75) is 18.9 Å². The second kappa shape index (κ2) is 6.98. The number of carbonyl (C=O) groups is 1. The van der Waals surface area contributed by atoms with Crippen LogP contribution in [0.15, 0.2) is 51.7 Å². The van der Waals surface area contributed by atoms with Crippen LogP contribution in [0.2, 0.25) is 0 Å². The molecule has 0 aliphatic carbocycles. The molecule has 0 unspecified atom stereocenters. The Labute approximate surface area is 162 Å². The first-order valence-corrected chi connectivity index (χ1v) is 10.0. The van der Waals surface area contributed by atoms with Gasteiger partial charge in [-0.25, -0.2) is 0 Å². The predicted octanol–water partition coefficient (Wildman–Crippen LogP) is 3.41. The summed E-state index contributed by atoms with van der Waals surface area (Å²) in [7, 11) is 0. The van der Waals surface area contributed by atoms with Crippen molar-refractivity contribution in [2.75, 3.05) is 13.2 Å². The van der Waals surface area contributed by atoms with Gasteiger partial charge in [0.2, 0.25) is 0 Å². The lowest BCUT2D eigenvalue weighted by Gasteiger charge is -2.22. The maximum atomic E-state index is 13.0. The largest absolute Gasteiger partial charge is 0.394 e. The van der Waals surface area contributed by atoms with Gasteiger partial charge in [0.15, 0.2) is 0 Å². The summed E-state index contributed by atoms with van der Waals surface area (Å²) in [5, 5.41) is 10.4. The molecule has 7 heteroatoms. The number of rotatable bonds is 3. The number of aliphatic hydroxyl groups is 1. The Morgan fingerprint density at radius 2 is 2.00 bits per heavy atom. The Bertz CT molecular complexity index is 1030. The van der Waals surface area contributed by atoms with Crippen LogP contribution in [-0.4, -0.2) is 39.7 Å². The van der Waals surface area contributed by atoms with E-state index in [0.717, 1.165) is 28.7 Å². The van der Waals surface area contributed by atoms with Crippen molar-refractivity contribution in [3.05, 3.63) is 62.2 Å². The van der Waals surface area contributed by atoms with Crippen LogP contribution >= 0.6 is 27.3 Å². The summed E-state index contributed by atoms with van der Waals surface area (Å²) in [5.41, 5.74) is 0.635. The lowest BCUT2D eigenvalue weighted by atomic mass is 10.2. The van der Waals surface area contributed by atoms with Crippen molar-refractivity contribution >= 4 is 43.4 Å². The third-order valence-corrected chi connectivity index (χ3v) is 7.00. The van der Waals surface area contributed by atoms with Crippen LogP contribution in [0.25, 0.3) is 15.9 Å². The molecule has 3 heterocycles. The molecule has 134 valence electrons. The minimum atomic E-state index is -0.133. The van der Waals surface area contributed by atoms with E-state index in [4.69, 9.17) is 0 Å². The molecular formula is C19H17BrN2O3S. The Morgan fingerprint density at radius 3 is 2.73 bits per heavy atom. The van der Waals surface area contributed by atoms with Gasteiger partial charge in [-0.3, -0.25) is 14.2 Å². The molecule has 1 amide bonds. The quantitative estimate of drug-likeness (QED) is 0.689. The van der Waals surface area contributed by atoms with E-state index in [1.807, 2.05) is 30.3 Å². The molecule has 1 aliphatic heterocycles. The maximum Gasteiger partial charge on any atom is 0.265 e. The molecule has 26 heavy (non-hydrogen) atoms. The maximum absolute atomic E-state index is 13.0. The molecule has 4 rings (SSSR count). The zero-order valence-electron chi connectivity index (χ0n) is 13.9. The first-order chi connectivity index (χ1) is 12.6. The molecule has 1 saturated heterocycles. The van der Waals surface area contributed by atoms with Crippen molar-refractivity contribution in [1.82, 2.24) is 9.47 Å². The van der Waals surface area contributed by atoms with Crippen LogP contribution in [-0.2, 0) is 0 Å². The molecule has 5 nitrogen and oxygen atoms in total. The highest BCUT2D eigenvalue weighted by Crippen LogP contribution is 2.37. The Morgan fingerprint density at radius 1 is 1.23 bits per heavy atom. The lowest BCUT2D eigenvalue weighted by Crippen LogP contribution is -2.37. The average Bonchev–Trinajstić information content (AvgIpc) is 3.26. The molecule has 1 aliphatic rings. The fourth-order valence-corrected chi connectivity index (χ4v) is 5.46. The highest BCUT2D eigenvalue weighted by Gasteiger charge is 2.31. The summed E-state index contributed by atoms with van der Waals surface area (Å²) in [5.74, 6) is -0.0957. The van der Waals surface area contributed by atoms with E-state index >= 15 is 0 Å². The number of amides is 1. The molecule has 3 aromatic rings. The number of hydrogen-bond acceptors (Lipinski definition) is 4. The summed E-state index contributed by atoms with van der Waals surface area (Å²) in [6.07, 6.45) is 1.72. The van der Waals surface area contributed by atoms with Gasteiger partial charge in [0, 0.05) is 18.0 Å². The topological polar surface area (TPSA) is 62.5 Å². The normalized spacial score (nSPS) is 17.2. The van der Waals surface area contributed by atoms with E-state index in [0.29, 0.717) is 15.9 Å². The predicted molar refractivity (Wildman–Crippen MR) is 106 cm³/mol. The number of fused-ring (bicyclic) bond motifs is 1. The number of hydrogen-bond donors (Lipinski definition) is 1. The molecule has 2 aromatic heterocycles. The Kier molecular flexibility index (Phi) is 4.69. The lowest BCUT2D eigenvalue weighted by molar-refractivity contribution is 0.0682. The molecule has 0 radical (unpaired) electrons. The minimum Gasteiger partial charge on any atom is -0.394 e. The van der Waals surface area contributed by atoms with Crippen molar-refractivity contribution in [3.63, 3.8) is 0 Å². The van der Waals surface area contributed by atoms with Gasteiger partial charge in [-0.05, 0) is 47.0 Å². The minimum absolute atomic E-state index is 0.0248. The zero-order chi connectivity index (χ0) is 18.3. The number of pyridine rings is 1. The van der Waals surface area contributed by atoms with Crippen LogP contribution in [0.1, 0.15) is 22.5 Å². The van der Waals surface area contributed by atoms with Gasteiger partial charge in [-0.1, -0.05) is 18.2 Å². The third kappa shape index (κ3) is 2.80. The van der Waals surface area contributed by atoms with Crippen LogP contribution in [0.5, 0.6) is 0 Å². The van der Waals surface area contributed by atoms with Crippen LogP contribution in [0.3, 0.4) is 0 Å². The second-order valence-corrected chi connectivity index (χ2v) is 8.08. The van der Waals surface area contributed by atoms with Gasteiger partial charge in [0.1, 0.15) is 9.71 Å². The first-order valence-electron chi connectivity index (χ1n) is 8.43. The van der Waals surface area contributed by atoms with Crippen molar-refractivity contribution in [1.29, 1.82) is 0 Å². The monoisotopic (exact) mass is 432 g/mol. The van der Waals surface area contributed by atoms with E-state index < -0.39 is 0 Å². The Balaban J connectivity index is 1.87. The van der Waals surface area contributed by atoms with Gasteiger partial charge in [-0.15, -0.1) is 11.3 Å². The SMILES string of the molecule is O=C(c1sc2c(ccc(=O)n2-c2ccccc2)c1Br)N1CCC[C@@H]1CO. The van der Waals surface area contributed by atoms with Gasteiger partial charge >= 0.3 is 0 Å². The molecular weight excluding hydrogens is 416 g/mol. The number of aromatic nitrogens is 1. The van der Waals surface area contributed by atoms with Crippen molar-refractivity contribution < 1.29 is 9.90 Å². The van der Waals surface area contributed by atoms with Crippen molar-refractivity contribution in [2.24, 2.45) is 0 Å². The van der Waals surface area contributed by atoms with E-state index in [-0.39, 0.29) is 24.1 Å². The first kappa shape index (κ1) is 17.5. The number of carbonyl (C=O) groups excluding carboxylic acids is 1. The number of likely N-dealkylation sites (tertiary alicyclic amines) is 1. The molecule has 1 fully saturated rings. The number of benzene rings is 1. The molecule has 1 atom stereocenters. The summed E-state index contributed by atoms with van der Waals surface area (Å²) >= 11 is 4.87. The third-order valence-electron chi connectivity index (χ3n) is 4.74. The smallest absolute Gasteiger partial charge is 0.265 e. The van der Waals surface area contributed by atoms with Crippen LogP contribution in [0.4, 0.5) is 0 Å². The van der Waals surface area contributed by atoms with Crippen LogP contribution < -0.4 is 5.56 Å². The van der Waals surface area contributed by atoms with E-state index in [9.17, 15) is 14.7 Å². The Hall–Kier alpha value is -1.96. The van der Waals surface area contributed by atoms with Gasteiger partial charge in [-0.2, -0.15) is 0 Å². The van der Waals surface area contributed by atoms with E-state index in [1.165, 1.54) is 17.4 Å². The van der Waals surface area contributed by atoms with Gasteiger partial charge in [0.05, 0.1) is 22.8 Å². The number of aliphatic hydroxyl groups excluding tert-OH is 1. The fraction of sp³-hybridized carbons (Fsp3) is 0.263. The molecule has 0 saturated carbocycles. The number of nitrogens with zero attached hydrogens (tertiary/aromatic N) is 2. The van der Waals surface area contributed by atoms with Crippen molar-refractivity contribution in [3.8, 4) is 5.69 Å². The second-order valence-electron chi connectivity index (χ2n) is 6.28. The molecule has 0 bridgehead atoms.